The van der Waals surface area contributed by atoms with E-state index in [1.165, 1.54) is 16.4 Å². The minimum absolute atomic E-state index is 0.0299. The Kier molecular flexibility index (Phi) is 11.4. The average Bonchev–Trinajstić information content (AvgIpc) is 2.99. The van der Waals surface area contributed by atoms with Crippen LogP contribution in [0.2, 0.25) is 0 Å². The number of amides is 1. The number of benzene rings is 3. The molecule has 0 radical (unpaired) electrons. The maximum Gasteiger partial charge on any atom is 0.407 e. The van der Waals surface area contributed by atoms with Gasteiger partial charge in [-0.25, -0.2) is 13.2 Å². The number of ether oxygens (including phenoxy) is 4. The molecule has 0 unspecified atom stereocenters. The Labute approximate surface area is 266 Å². The Balaban J connectivity index is 1.53. The highest BCUT2D eigenvalue weighted by molar-refractivity contribution is 7.89. The second-order valence-electron chi connectivity index (χ2n) is 12.5. The summed E-state index contributed by atoms with van der Waals surface area (Å²) >= 11 is 0. The minimum Gasteiger partial charge on any atom is -0.489 e. The highest BCUT2D eigenvalue weighted by Gasteiger charge is 2.33. The van der Waals surface area contributed by atoms with E-state index in [-0.39, 0.29) is 30.3 Å². The highest BCUT2D eigenvalue weighted by Crippen LogP contribution is 2.33. The maximum absolute atomic E-state index is 13.9. The number of alkyl carbamates (subject to hydrolysis) is 1. The minimum atomic E-state index is -4.05. The summed E-state index contributed by atoms with van der Waals surface area (Å²) in [6, 6.07) is 20.8. The predicted molar refractivity (Wildman–Crippen MR) is 171 cm³/mol. The van der Waals surface area contributed by atoms with Crippen LogP contribution >= 0.6 is 0 Å². The third-order valence-electron chi connectivity index (χ3n) is 6.90. The standard InChI is InChI=1S/C34H44N2O8S/c1-24(2)21-36(45(39,40)28-15-16-31-32(20-28)42-18-17-41-31)22-30(37)29(35-33(38)44-34(3,4)5)19-25-11-13-27(14-12-25)43-23-26-9-7-6-8-10-26/h6-16,20,24,29-30,37H,17-19,21-23H2,1-5H3,(H,35,38)/t29-,30-/m0/s1. The van der Waals surface area contributed by atoms with Crippen LogP contribution in [0.5, 0.6) is 17.2 Å². The summed E-state index contributed by atoms with van der Waals surface area (Å²) in [5.41, 5.74) is 1.10. The third kappa shape index (κ3) is 10.1. The largest absolute Gasteiger partial charge is 0.489 e. The van der Waals surface area contributed by atoms with Gasteiger partial charge in [0.05, 0.1) is 17.0 Å². The van der Waals surface area contributed by atoms with Crippen molar-refractivity contribution in [1.29, 1.82) is 0 Å². The summed E-state index contributed by atoms with van der Waals surface area (Å²) in [5.74, 6) is 1.47. The summed E-state index contributed by atoms with van der Waals surface area (Å²) in [6.45, 7) is 10.1. The molecule has 1 aliphatic rings. The zero-order valence-electron chi connectivity index (χ0n) is 26.6. The molecule has 11 heteroatoms. The Hall–Kier alpha value is -3.80. The summed E-state index contributed by atoms with van der Waals surface area (Å²) in [7, 11) is -4.05. The van der Waals surface area contributed by atoms with Crippen molar-refractivity contribution in [3.63, 3.8) is 0 Å². The number of carbonyl (C=O) groups excluding carboxylic acids is 1. The fourth-order valence-electron chi connectivity index (χ4n) is 4.81. The smallest absolute Gasteiger partial charge is 0.407 e. The van der Waals surface area contributed by atoms with Gasteiger partial charge in [0.25, 0.3) is 0 Å². The molecule has 3 aromatic carbocycles. The lowest BCUT2D eigenvalue weighted by atomic mass is 10.0. The van der Waals surface area contributed by atoms with E-state index in [9.17, 15) is 18.3 Å². The Bertz CT molecular complexity index is 1510. The zero-order valence-corrected chi connectivity index (χ0v) is 27.4. The van der Waals surface area contributed by atoms with Gasteiger partial charge in [-0.3, -0.25) is 0 Å². The van der Waals surface area contributed by atoms with E-state index in [1.54, 1.807) is 26.8 Å². The first-order valence-electron chi connectivity index (χ1n) is 15.1. The number of aliphatic hydroxyl groups is 1. The molecule has 4 rings (SSSR count). The fraction of sp³-hybridized carbons (Fsp3) is 0.441. The van der Waals surface area contributed by atoms with Crippen LogP contribution in [0.3, 0.4) is 0 Å². The number of hydrogen-bond donors (Lipinski definition) is 2. The first-order valence-corrected chi connectivity index (χ1v) is 16.6. The van der Waals surface area contributed by atoms with Gasteiger partial charge in [0.15, 0.2) is 11.5 Å². The number of aliphatic hydroxyl groups excluding tert-OH is 1. The van der Waals surface area contributed by atoms with Crippen molar-refractivity contribution in [1.82, 2.24) is 9.62 Å². The molecule has 0 aromatic heterocycles. The number of sulfonamides is 1. The second kappa shape index (κ2) is 15.0. The van der Waals surface area contributed by atoms with E-state index in [0.717, 1.165) is 11.1 Å². The summed E-state index contributed by atoms with van der Waals surface area (Å²) < 4.78 is 51.5. The van der Waals surface area contributed by atoms with Crippen LogP contribution in [0.25, 0.3) is 0 Å². The van der Waals surface area contributed by atoms with E-state index in [1.807, 2.05) is 68.4 Å². The fourth-order valence-corrected chi connectivity index (χ4v) is 6.44. The average molecular weight is 641 g/mol. The number of nitrogens with one attached hydrogen (secondary N) is 1. The molecule has 3 aromatic rings. The predicted octanol–water partition coefficient (Wildman–Crippen LogP) is 5.18. The van der Waals surface area contributed by atoms with Crippen molar-refractivity contribution in [2.45, 2.75) is 70.3 Å². The number of rotatable bonds is 13. The zero-order chi connectivity index (χ0) is 32.6. The molecule has 2 atom stereocenters. The molecule has 2 N–H and O–H groups in total. The van der Waals surface area contributed by atoms with Gasteiger partial charge in [-0.2, -0.15) is 4.31 Å². The normalized spacial score (nSPS) is 14.6. The molecular weight excluding hydrogens is 596 g/mol. The lowest BCUT2D eigenvalue weighted by molar-refractivity contribution is 0.0400. The van der Waals surface area contributed by atoms with Gasteiger partial charge in [-0.05, 0) is 68.5 Å². The van der Waals surface area contributed by atoms with Crippen LogP contribution in [0.4, 0.5) is 4.79 Å². The summed E-state index contributed by atoms with van der Waals surface area (Å²) in [4.78, 5) is 12.9. The lowest BCUT2D eigenvalue weighted by Gasteiger charge is -2.31. The SMILES string of the molecule is CC(C)CN(C[C@H](O)[C@H](Cc1ccc(OCc2ccccc2)cc1)NC(=O)OC(C)(C)C)S(=O)(=O)c1ccc2c(c1)OCCO2. The van der Waals surface area contributed by atoms with Gasteiger partial charge in [0.2, 0.25) is 10.0 Å². The summed E-state index contributed by atoms with van der Waals surface area (Å²) in [5, 5.41) is 14.3. The van der Waals surface area contributed by atoms with Crippen molar-refractivity contribution in [2.75, 3.05) is 26.3 Å². The van der Waals surface area contributed by atoms with Crippen molar-refractivity contribution in [3.05, 3.63) is 83.9 Å². The molecule has 0 fully saturated rings. The quantitative estimate of drug-likeness (QED) is 0.262. The van der Waals surface area contributed by atoms with E-state index >= 15 is 0 Å². The number of nitrogens with zero attached hydrogens (tertiary/aromatic N) is 1. The topological polar surface area (TPSA) is 124 Å². The molecule has 1 amide bonds. The molecule has 45 heavy (non-hydrogen) atoms. The molecule has 0 aliphatic carbocycles. The summed E-state index contributed by atoms with van der Waals surface area (Å²) in [6.07, 6.45) is -1.75. The Morgan fingerprint density at radius 2 is 1.60 bits per heavy atom. The molecule has 0 bridgehead atoms. The lowest BCUT2D eigenvalue weighted by Crippen LogP contribution is -2.51. The van der Waals surface area contributed by atoms with Crippen LogP contribution in [0.15, 0.2) is 77.7 Å². The molecule has 244 valence electrons. The molecular formula is C34H44N2O8S. The molecule has 0 saturated carbocycles. The van der Waals surface area contributed by atoms with Crippen molar-refractivity contribution in [3.8, 4) is 17.2 Å². The Morgan fingerprint density at radius 3 is 2.24 bits per heavy atom. The number of carbonyl (C=O) groups is 1. The molecule has 0 saturated heterocycles. The van der Waals surface area contributed by atoms with E-state index < -0.39 is 33.9 Å². The number of hydrogen-bond acceptors (Lipinski definition) is 8. The van der Waals surface area contributed by atoms with Crippen LogP contribution in [-0.2, 0) is 27.8 Å². The van der Waals surface area contributed by atoms with Crippen molar-refractivity contribution >= 4 is 16.1 Å². The number of fused-ring (bicyclic) bond motifs is 1. The maximum atomic E-state index is 13.9. The van der Waals surface area contributed by atoms with Gasteiger partial charge >= 0.3 is 6.09 Å². The van der Waals surface area contributed by atoms with Crippen molar-refractivity contribution < 1.29 is 37.3 Å². The van der Waals surface area contributed by atoms with E-state index in [0.29, 0.717) is 37.1 Å². The Morgan fingerprint density at radius 1 is 0.933 bits per heavy atom. The van der Waals surface area contributed by atoms with Gasteiger partial charge < -0.3 is 29.4 Å². The van der Waals surface area contributed by atoms with Crippen LogP contribution in [0, 0.1) is 5.92 Å². The molecule has 1 heterocycles. The third-order valence-corrected chi connectivity index (χ3v) is 8.73. The van der Waals surface area contributed by atoms with E-state index in [4.69, 9.17) is 18.9 Å². The first-order chi connectivity index (χ1) is 21.3. The monoisotopic (exact) mass is 640 g/mol. The van der Waals surface area contributed by atoms with Gasteiger partial charge in [0.1, 0.15) is 31.2 Å². The first kappa shape index (κ1) is 34.1. The van der Waals surface area contributed by atoms with Crippen LogP contribution in [-0.4, -0.2) is 68.0 Å². The molecule has 0 spiro atoms. The van der Waals surface area contributed by atoms with Crippen LogP contribution < -0.4 is 19.5 Å². The van der Waals surface area contributed by atoms with Gasteiger partial charge in [-0.15, -0.1) is 0 Å². The second-order valence-corrected chi connectivity index (χ2v) is 14.4. The molecule has 1 aliphatic heterocycles. The van der Waals surface area contributed by atoms with Gasteiger partial charge in [-0.1, -0.05) is 56.3 Å². The van der Waals surface area contributed by atoms with Crippen LogP contribution in [0.1, 0.15) is 45.7 Å². The highest BCUT2D eigenvalue weighted by atomic mass is 32.2. The van der Waals surface area contributed by atoms with Gasteiger partial charge in [0, 0.05) is 19.2 Å². The van der Waals surface area contributed by atoms with Crippen molar-refractivity contribution in [2.24, 2.45) is 5.92 Å². The van der Waals surface area contributed by atoms with E-state index in [2.05, 4.69) is 5.32 Å². The molecule has 10 nitrogen and oxygen atoms in total.